The monoisotopic (exact) mass is 276 g/mol. The van der Waals surface area contributed by atoms with Crippen molar-refractivity contribution in [3.63, 3.8) is 0 Å². The molecule has 0 aliphatic rings. The standard InChI is InChI=1S/C11H11F3N2OS/c1-5(2)7-3-6(17-11(12,13)14)4-8-9(7)16-10(15)18-8/h3-5H,1-2H3,(H2,15,16). The van der Waals surface area contributed by atoms with Crippen LogP contribution in [-0.4, -0.2) is 11.3 Å². The van der Waals surface area contributed by atoms with Crippen molar-refractivity contribution in [3.8, 4) is 5.75 Å². The SMILES string of the molecule is CC(C)c1cc(OC(F)(F)F)cc2sc(N)nc12. The van der Waals surface area contributed by atoms with Crippen molar-refractivity contribution in [2.45, 2.75) is 26.1 Å². The summed E-state index contributed by atoms with van der Waals surface area (Å²) in [5, 5.41) is 0.330. The van der Waals surface area contributed by atoms with Crippen molar-refractivity contribution < 1.29 is 17.9 Å². The van der Waals surface area contributed by atoms with Gasteiger partial charge in [0.25, 0.3) is 0 Å². The fraction of sp³-hybridized carbons (Fsp3) is 0.364. The lowest BCUT2D eigenvalue weighted by Crippen LogP contribution is -2.17. The third kappa shape index (κ3) is 2.66. The lowest BCUT2D eigenvalue weighted by molar-refractivity contribution is -0.274. The van der Waals surface area contributed by atoms with Gasteiger partial charge in [-0.25, -0.2) is 4.98 Å². The minimum Gasteiger partial charge on any atom is -0.406 e. The van der Waals surface area contributed by atoms with Crippen molar-refractivity contribution in [1.29, 1.82) is 0 Å². The Balaban J connectivity index is 2.57. The van der Waals surface area contributed by atoms with Crippen molar-refractivity contribution in [3.05, 3.63) is 17.7 Å². The number of nitrogens with two attached hydrogens (primary N) is 1. The third-order valence-corrected chi connectivity index (χ3v) is 3.20. The highest BCUT2D eigenvalue weighted by Gasteiger charge is 2.31. The fourth-order valence-electron chi connectivity index (χ4n) is 1.68. The second-order valence-corrected chi connectivity index (χ2v) is 5.18. The molecule has 0 amide bonds. The largest absolute Gasteiger partial charge is 0.573 e. The molecule has 1 aromatic carbocycles. The Morgan fingerprint density at radius 3 is 2.56 bits per heavy atom. The van der Waals surface area contributed by atoms with E-state index in [-0.39, 0.29) is 11.7 Å². The highest BCUT2D eigenvalue weighted by Crippen LogP contribution is 2.36. The summed E-state index contributed by atoms with van der Waals surface area (Å²) in [7, 11) is 0. The minimum atomic E-state index is -4.70. The Hall–Kier alpha value is -1.50. The maximum absolute atomic E-state index is 12.2. The summed E-state index contributed by atoms with van der Waals surface area (Å²) in [6, 6.07) is 2.67. The van der Waals surface area contributed by atoms with E-state index in [9.17, 15) is 13.2 Å². The fourth-order valence-corrected chi connectivity index (χ4v) is 2.48. The van der Waals surface area contributed by atoms with Crippen LogP contribution in [0.1, 0.15) is 25.3 Å². The number of alkyl halides is 3. The molecule has 98 valence electrons. The molecule has 7 heteroatoms. The van der Waals surface area contributed by atoms with Crippen LogP contribution in [0.3, 0.4) is 0 Å². The molecule has 0 saturated heterocycles. The first kappa shape index (κ1) is 12.9. The number of nitrogens with zero attached hydrogens (tertiary/aromatic N) is 1. The van der Waals surface area contributed by atoms with Gasteiger partial charge in [-0.2, -0.15) is 0 Å². The molecular weight excluding hydrogens is 265 g/mol. The van der Waals surface area contributed by atoms with Gasteiger partial charge in [-0.3, -0.25) is 0 Å². The summed E-state index contributed by atoms with van der Waals surface area (Å²) in [6.45, 7) is 3.75. The molecule has 0 spiro atoms. The first-order chi connectivity index (χ1) is 8.26. The Bertz CT molecular complexity index is 577. The van der Waals surface area contributed by atoms with Crippen LogP contribution in [0.4, 0.5) is 18.3 Å². The Morgan fingerprint density at radius 2 is 2.00 bits per heavy atom. The number of rotatable bonds is 2. The van der Waals surface area contributed by atoms with E-state index in [4.69, 9.17) is 5.73 Å². The topological polar surface area (TPSA) is 48.1 Å². The van der Waals surface area contributed by atoms with Crippen LogP contribution >= 0.6 is 11.3 Å². The summed E-state index contributed by atoms with van der Waals surface area (Å²) in [5.41, 5.74) is 6.92. The van der Waals surface area contributed by atoms with Gasteiger partial charge in [0.2, 0.25) is 0 Å². The van der Waals surface area contributed by atoms with Crippen molar-refractivity contribution in [1.82, 2.24) is 4.98 Å². The molecule has 2 rings (SSSR count). The van der Waals surface area contributed by atoms with Gasteiger partial charge in [0, 0.05) is 6.07 Å². The predicted molar refractivity (Wildman–Crippen MR) is 64.8 cm³/mol. The van der Waals surface area contributed by atoms with Gasteiger partial charge in [0.15, 0.2) is 5.13 Å². The van der Waals surface area contributed by atoms with Crippen LogP contribution in [0.25, 0.3) is 10.2 Å². The van der Waals surface area contributed by atoms with Crippen LogP contribution in [0, 0.1) is 0 Å². The average Bonchev–Trinajstić information content (AvgIpc) is 2.53. The molecule has 1 heterocycles. The van der Waals surface area contributed by atoms with Crippen LogP contribution < -0.4 is 10.5 Å². The molecule has 0 aliphatic heterocycles. The normalized spacial score (nSPS) is 12.3. The predicted octanol–water partition coefficient (Wildman–Crippen LogP) is 3.90. The van der Waals surface area contributed by atoms with E-state index < -0.39 is 6.36 Å². The van der Waals surface area contributed by atoms with Gasteiger partial charge in [0.1, 0.15) is 5.75 Å². The summed E-state index contributed by atoms with van der Waals surface area (Å²) >= 11 is 1.14. The molecule has 0 bridgehead atoms. The van der Waals surface area contributed by atoms with Gasteiger partial charge in [-0.15, -0.1) is 13.2 Å². The average molecular weight is 276 g/mol. The van der Waals surface area contributed by atoms with E-state index in [1.807, 2.05) is 13.8 Å². The van der Waals surface area contributed by atoms with Crippen LogP contribution in [-0.2, 0) is 0 Å². The molecule has 0 saturated carbocycles. The smallest absolute Gasteiger partial charge is 0.406 e. The Kier molecular flexibility index (Phi) is 3.10. The molecule has 0 aliphatic carbocycles. The number of anilines is 1. The van der Waals surface area contributed by atoms with E-state index in [1.165, 1.54) is 12.1 Å². The van der Waals surface area contributed by atoms with Crippen molar-refractivity contribution in [2.75, 3.05) is 5.73 Å². The summed E-state index contributed by atoms with van der Waals surface area (Å²) in [4.78, 5) is 4.13. The molecule has 0 atom stereocenters. The molecule has 18 heavy (non-hydrogen) atoms. The van der Waals surface area contributed by atoms with Gasteiger partial charge in [0.05, 0.1) is 10.2 Å². The molecule has 0 fully saturated rings. The lowest BCUT2D eigenvalue weighted by Gasteiger charge is -2.12. The summed E-state index contributed by atoms with van der Waals surface area (Å²) in [6.07, 6.45) is -4.70. The number of halogens is 3. The highest BCUT2D eigenvalue weighted by molar-refractivity contribution is 7.22. The van der Waals surface area contributed by atoms with E-state index >= 15 is 0 Å². The van der Waals surface area contributed by atoms with E-state index in [1.54, 1.807) is 0 Å². The second kappa shape index (κ2) is 4.31. The molecule has 0 radical (unpaired) electrons. The molecule has 2 N–H and O–H groups in total. The van der Waals surface area contributed by atoms with Gasteiger partial charge in [-0.05, 0) is 17.5 Å². The van der Waals surface area contributed by atoms with E-state index in [0.717, 1.165) is 11.3 Å². The second-order valence-electron chi connectivity index (χ2n) is 4.11. The van der Waals surface area contributed by atoms with E-state index in [2.05, 4.69) is 9.72 Å². The first-order valence-corrected chi connectivity index (χ1v) is 6.03. The van der Waals surface area contributed by atoms with Gasteiger partial charge >= 0.3 is 6.36 Å². The number of fused-ring (bicyclic) bond motifs is 1. The highest BCUT2D eigenvalue weighted by atomic mass is 32.1. The number of nitrogen functional groups attached to an aromatic ring is 1. The summed E-state index contributed by atoms with van der Waals surface area (Å²) < 4.78 is 41.2. The molecule has 0 unspecified atom stereocenters. The number of hydrogen-bond acceptors (Lipinski definition) is 4. The number of ether oxygens (including phenoxy) is 1. The Labute approximate surface area is 105 Å². The first-order valence-electron chi connectivity index (χ1n) is 5.22. The number of aromatic nitrogens is 1. The molecule has 2 aromatic rings. The quantitative estimate of drug-likeness (QED) is 0.905. The van der Waals surface area contributed by atoms with Crippen molar-refractivity contribution >= 4 is 26.7 Å². The zero-order valence-electron chi connectivity index (χ0n) is 9.71. The molecule has 3 nitrogen and oxygen atoms in total. The lowest BCUT2D eigenvalue weighted by atomic mass is 10.0. The van der Waals surface area contributed by atoms with Crippen LogP contribution in [0.2, 0.25) is 0 Å². The van der Waals surface area contributed by atoms with Crippen LogP contribution in [0.15, 0.2) is 12.1 Å². The van der Waals surface area contributed by atoms with Crippen molar-refractivity contribution in [2.24, 2.45) is 0 Å². The maximum atomic E-state index is 12.2. The number of thiazole rings is 1. The summed E-state index contributed by atoms with van der Waals surface area (Å²) in [5.74, 6) is -0.201. The zero-order chi connectivity index (χ0) is 13.5. The maximum Gasteiger partial charge on any atom is 0.573 e. The third-order valence-electron chi connectivity index (χ3n) is 2.37. The Morgan fingerprint density at radius 1 is 1.33 bits per heavy atom. The minimum absolute atomic E-state index is 0.0331. The van der Waals surface area contributed by atoms with E-state index in [0.29, 0.717) is 20.9 Å². The number of hydrogen-bond donors (Lipinski definition) is 1. The van der Waals surface area contributed by atoms with Gasteiger partial charge < -0.3 is 10.5 Å². The zero-order valence-corrected chi connectivity index (χ0v) is 10.5. The van der Waals surface area contributed by atoms with Crippen LogP contribution in [0.5, 0.6) is 5.75 Å². The van der Waals surface area contributed by atoms with Gasteiger partial charge in [-0.1, -0.05) is 25.2 Å². The molecule has 1 aromatic heterocycles. The molecular formula is C11H11F3N2OS. The number of benzene rings is 1.